The molecule has 0 aromatic heterocycles. The van der Waals surface area contributed by atoms with E-state index < -0.39 is 12.1 Å². The first-order chi connectivity index (χ1) is 7.70. The van der Waals surface area contributed by atoms with Gasteiger partial charge in [-0.3, -0.25) is 9.59 Å². The van der Waals surface area contributed by atoms with Gasteiger partial charge in [0.1, 0.15) is 12.1 Å². The van der Waals surface area contributed by atoms with Crippen LogP contribution in [-0.2, 0) is 9.59 Å². The fraction of sp³-hybridized carbons (Fsp3) is 0.692. The van der Waals surface area contributed by atoms with Crippen LogP contribution in [0.25, 0.3) is 0 Å². The number of rotatable bonds is 1. The molecular weight excluding hydrogens is 216 g/mol. The van der Waals surface area contributed by atoms with E-state index in [4.69, 9.17) is 6.42 Å². The number of carbonyl (C=O) groups is 2. The van der Waals surface area contributed by atoms with Crippen LogP contribution in [-0.4, -0.2) is 34.8 Å². The minimum absolute atomic E-state index is 0.102. The highest BCUT2D eigenvalue weighted by atomic mass is 16.2. The molecule has 4 nitrogen and oxygen atoms in total. The summed E-state index contributed by atoms with van der Waals surface area (Å²) in [6.07, 6.45) is 5.35. The Morgan fingerprint density at radius 3 is 2.35 bits per heavy atom. The second-order valence-electron chi connectivity index (χ2n) is 5.57. The molecule has 1 fully saturated rings. The van der Waals surface area contributed by atoms with Gasteiger partial charge in [-0.1, -0.05) is 26.7 Å². The minimum atomic E-state index is -0.512. The predicted octanol–water partition coefficient (Wildman–Crippen LogP) is 0.770. The van der Waals surface area contributed by atoms with Crippen molar-refractivity contribution in [1.82, 2.24) is 10.2 Å². The molecule has 0 saturated carbocycles. The Labute approximate surface area is 103 Å². The van der Waals surface area contributed by atoms with Crippen LogP contribution in [0, 0.1) is 17.8 Å². The topological polar surface area (TPSA) is 49.4 Å². The van der Waals surface area contributed by atoms with E-state index in [2.05, 4.69) is 11.2 Å². The molecule has 3 unspecified atom stereocenters. The molecule has 3 atom stereocenters. The van der Waals surface area contributed by atoms with Crippen molar-refractivity contribution in [1.29, 1.82) is 0 Å². The summed E-state index contributed by atoms with van der Waals surface area (Å²) >= 11 is 0. The molecule has 1 heterocycles. The summed E-state index contributed by atoms with van der Waals surface area (Å²) in [5, 5.41) is 2.77. The average molecular weight is 236 g/mol. The van der Waals surface area contributed by atoms with Gasteiger partial charge >= 0.3 is 0 Å². The number of hydrogen-bond acceptors (Lipinski definition) is 2. The van der Waals surface area contributed by atoms with Crippen molar-refractivity contribution in [3.8, 4) is 12.3 Å². The molecule has 17 heavy (non-hydrogen) atoms. The number of nitrogens with one attached hydrogen (secondary N) is 1. The van der Waals surface area contributed by atoms with E-state index in [0.717, 1.165) is 0 Å². The Hall–Kier alpha value is -1.50. The molecule has 2 amide bonds. The quantitative estimate of drug-likeness (QED) is 0.684. The van der Waals surface area contributed by atoms with Crippen LogP contribution in [0.2, 0.25) is 0 Å². The van der Waals surface area contributed by atoms with Crippen molar-refractivity contribution in [3.63, 3.8) is 0 Å². The van der Waals surface area contributed by atoms with E-state index in [1.807, 2.05) is 20.8 Å². The standard InChI is InChI=1S/C13H20N2O2/c1-7-8(2)15-9(3)11(16)14-10(12(15)17)13(4,5)6/h1,8-10H,2-6H3,(H,14,16). The van der Waals surface area contributed by atoms with Gasteiger partial charge in [0.25, 0.3) is 0 Å². The van der Waals surface area contributed by atoms with Crippen LogP contribution in [0.4, 0.5) is 0 Å². The van der Waals surface area contributed by atoms with Crippen LogP contribution >= 0.6 is 0 Å². The third-order valence-corrected chi connectivity index (χ3v) is 3.11. The van der Waals surface area contributed by atoms with Gasteiger partial charge in [-0.15, -0.1) is 6.42 Å². The highest BCUT2D eigenvalue weighted by molar-refractivity contribution is 5.97. The largest absolute Gasteiger partial charge is 0.342 e. The molecular formula is C13H20N2O2. The lowest BCUT2D eigenvalue weighted by atomic mass is 9.83. The zero-order valence-corrected chi connectivity index (χ0v) is 11.1. The molecule has 4 heteroatoms. The molecule has 1 aliphatic rings. The Morgan fingerprint density at radius 1 is 1.41 bits per heavy atom. The van der Waals surface area contributed by atoms with Gasteiger partial charge in [-0.05, 0) is 19.3 Å². The second-order valence-corrected chi connectivity index (χ2v) is 5.57. The normalized spacial score (nSPS) is 27.4. The molecule has 1 saturated heterocycles. The molecule has 1 aliphatic heterocycles. The number of nitrogens with zero attached hydrogens (tertiary/aromatic N) is 1. The molecule has 0 aromatic rings. The van der Waals surface area contributed by atoms with Crippen molar-refractivity contribution in [2.75, 3.05) is 0 Å². The van der Waals surface area contributed by atoms with Gasteiger partial charge in [-0.2, -0.15) is 0 Å². The van der Waals surface area contributed by atoms with Crippen LogP contribution in [0.15, 0.2) is 0 Å². The SMILES string of the molecule is C#CC(C)N1C(=O)C(C(C)(C)C)NC(=O)C1C. The molecule has 94 valence electrons. The first-order valence-electron chi connectivity index (χ1n) is 5.79. The zero-order chi connectivity index (χ0) is 13.4. The maximum absolute atomic E-state index is 12.3. The number of piperazine rings is 1. The van der Waals surface area contributed by atoms with E-state index in [-0.39, 0.29) is 23.3 Å². The van der Waals surface area contributed by atoms with E-state index >= 15 is 0 Å². The number of hydrogen-bond donors (Lipinski definition) is 1. The van der Waals surface area contributed by atoms with Crippen LogP contribution in [0.3, 0.4) is 0 Å². The lowest BCUT2D eigenvalue weighted by molar-refractivity contribution is -0.152. The molecule has 1 rings (SSSR count). The van der Waals surface area contributed by atoms with Gasteiger partial charge in [0.2, 0.25) is 11.8 Å². The summed E-state index contributed by atoms with van der Waals surface area (Å²) in [4.78, 5) is 25.7. The van der Waals surface area contributed by atoms with Gasteiger partial charge in [0.05, 0.1) is 6.04 Å². The molecule has 0 spiro atoms. The monoisotopic (exact) mass is 236 g/mol. The van der Waals surface area contributed by atoms with Crippen molar-refractivity contribution >= 4 is 11.8 Å². The first-order valence-corrected chi connectivity index (χ1v) is 5.79. The van der Waals surface area contributed by atoms with Crippen molar-refractivity contribution in [2.45, 2.75) is 52.7 Å². The number of carbonyl (C=O) groups excluding carboxylic acids is 2. The van der Waals surface area contributed by atoms with Crippen LogP contribution in [0.5, 0.6) is 0 Å². The molecule has 0 aliphatic carbocycles. The highest BCUT2D eigenvalue weighted by Gasteiger charge is 2.44. The summed E-state index contributed by atoms with van der Waals surface area (Å²) in [5.74, 6) is 2.26. The molecule has 0 radical (unpaired) electrons. The number of terminal acetylenes is 1. The van der Waals surface area contributed by atoms with E-state index in [9.17, 15) is 9.59 Å². The Kier molecular flexibility index (Phi) is 3.51. The fourth-order valence-electron chi connectivity index (χ4n) is 1.98. The van der Waals surface area contributed by atoms with Crippen LogP contribution in [0.1, 0.15) is 34.6 Å². The van der Waals surface area contributed by atoms with Crippen molar-refractivity contribution in [2.24, 2.45) is 5.41 Å². The van der Waals surface area contributed by atoms with Crippen molar-refractivity contribution in [3.05, 3.63) is 0 Å². The molecule has 1 N–H and O–H groups in total. The van der Waals surface area contributed by atoms with Gasteiger partial charge in [0, 0.05) is 0 Å². The summed E-state index contributed by atoms with van der Waals surface area (Å²) in [6.45, 7) is 9.21. The molecule has 0 bridgehead atoms. The van der Waals surface area contributed by atoms with E-state index in [1.54, 1.807) is 13.8 Å². The van der Waals surface area contributed by atoms with Gasteiger partial charge in [0.15, 0.2) is 0 Å². The maximum Gasteiger partial charge on any atom is 0.247 e. The second kappa shape index (κ2) is 4.40. The first kappa shape index (κ1) is 13.6. The third-order valence-electron chi connectivity index (χ3n) is 3.11. The van der Waals surface area contributed by atoms with E-state index in [1.165, 1.54) is 4.90 Å². The predicted molar refractivity (Wildman–Crippen MR) is 66.0 cm³/mol. The third kappa shape index (κ3) is 2.44. The lowest BCUT2D eigenvalue weighted by Crippen LogP contribution is -2.67. The fourth-order valence-corrected chi connectivity index (χ4v) is 1.98. The maximum atomic E-state index is 12.3. The zero-order valence-electron chi connectivity index (χ0n) is 11.1. The van der Waals surface area contributed by atoms with Crippen LogP contribution < -0.4 is 5.32 Å². The number of amides is 2. The summed E-state index contributed by atoms with van der Waals surface area (Å²) in [6, 6.07) is -1.39. The Morgan fingerprint density at radius 2 is 1.94 bits per heavy atom. The summed E-state index contributed by atoms with van der Waals surface area (Å²) < 4.78 is 0. The van der Waals surface area contributed by atoms with Gasteiger partial charge < -0.3 is 10.2 Å². The smallest absolute Gasteiger partial charge is 0.247 e. The average Bonchev–Trinajstić information content (AvgIpc) is 2.21. The Bertz CT molecular complexity index is 376. The Balaban J connectivity index is 3.09. The highest BCUT2D eigenvalue weighted by Crippen LogP contribution is 2.26. The lowest BCUT2D eigenvalue weighted by Gasteiger charge is -2.43. The van der Waals surface area contributed by atoms with E-state index in [0.29, 0.717) is 0 Å². The van der Waals surface area contributed by atoms with Crippen molar-refractivity contribution < 1.29 is 9.59 Å². The minimum Gasteiger partial charge on any atom is -0.342 e. The molecule has 0 aromatic carbocycles. The van der Waals surface area contributed by atoms with Gasteiger partial charge in [-0.25, -0.2) is 0 Å². The summed E-state index contributed by atoms with van der Waals surface area (Å²) in [7, 11) is 0. The summed E-state index contributed by atoms with van der Waals surface area (Å²) in [5.41, 5.74) is -0.320.